The molecule has 0 amide bonds. The van der Waals surface area contributed by atoms with Crippen LogP contribution in [0.3, 0.4) is 0 Å². The summed E-state index contributed by atoms with van der Waals surface area (Å²) in [7, 11) is 0. The van der Waals surface area contributed by atoms with Crippen LogP contribution in [0.2, 0.25) is 5.02 Å². The van der Waals surface area contributed by atoms with Crippen molar-refractivity contribution in [2.45, 2.75) is 13.8 Å². The molecule has 5 nitrogen and oxygen atoms in total. The molecule has 4 rings (SSSR count). The summed E-state index contributed by atoms with van der Waals surface area (Å²) >= 11 is 6.34. The van der Waals surface area contributed by atoms with E-state index in [2.05, 4.69) is 20.2 Å². The molecule has 1 aromatic carbocycles. The number of hydrogen-bond donors (Lipinski definition) is 0. The SMILES string of the molecule is Cc1cccc(Cl)c1-c1ccc2c(n1)nc(C)c1nncn12. The van der Waals surface area contributed by atoms with Crippen molar-refractivity contribution in [1.29, 1.82) is 0 Å². The van der Waals surface area contributed by atoms with Gasteiger partial charge in [0.05, 0.1) is 21.9 Å². The van der Waals surface area contributed by atoms with Gasteiger partial charge in [0, 0.05) is 5.56 Å². The van der Waals surface area contributed by atoms with Gasteiger partial charge in [-0.3, -0.25) is 4.40 Å². The molecule has 0 bridgehead atoms. The minimum atomic E-state index is 0.654. The summed E-state index contributed by atoms with van der Waals surface area (Å²) in [6.07, 6.45) is 1.68. The first kappa shape index (κ1) is 13.2. The summed E-state index contributed by atoms with van der Waals surface area (Å²) in [6.45, 7) is 3.92. The molecule has 0 aliphatic rings. The van der Waals surface area contributed by atoms with E-state index < -0.39 is 0 Å². The topological polar surface area (TPSA) is 56.0 Å². The Kier molecular flexibility index (Phi) is 2.84. The second-order valence-electron chi connectivity index (χ2n) is 5.19. The van der Waals surface area contributed by atoms with Crippen LogP contribution in [0.1, 0.15) is 11.3 Å². The first-order valence-corrected chi connectivity index (χ1v) is 7.25. The van der Waals surface area contributed by atoms with E-state index in [0.717, 1.165) is 33.7 Å². The third-order valence-corrected chi connectivity index (χ3v) is 4.05. The number of benzene rings is 1. The maximum absolute atomic E-state index is 6.34. The number of hydrogen-bond acceptors (Lipinski definition) is 4. The van der Waals surface area contributed by atoms with Crippen molar-refractivity contribution in [2.24, 2.45) is 0 Å². The molecule has 108 valence electrons. The van der Waals surface area contributed by atoms with E-state index in [-0.39, 0.29) is 0 Å². The van der Waals surface area contributed by atoms with E-state index in [9.17, 15) is 0 Å². The normalized spacial score (nSPS) is 11.4. The lowest BCUT2D eigenvalue weighted by Crippen LogP contribution is -1.98. The van der Waals surface area contributed by atoms with Crippen LogP contribution < -0.4 is 0 Å². The van der Waals surface area contributed by atoms with Crippen molar-refractivity contribution >= 4 is 28.4 Å². The van der Waals surface area contributed by atoms with Crippen LogP contribution in [0.4, 0.5) is 0 Å². The van der Waals surface area contributed by atoms with E-state index in [1.807, 2.05) is 48.6 Å². The second kappa shape index (κ2) is 4.74. The highest BCUT2D eigenvalue weighted by Gasteiger charge is 2.12. The van der Waals surface area contributed by atoms with Crippen LogP contribution >= 0.6 is 11.6 Å². The van der Waals surface area contributed by atoms with Gasteiger partial charge in [-0.25, -0.2) is 9.97 Å². The Morgan fingerprint density at radius 1 is 1.05 bits per heavy atom. The van der Waals surface area contributed by atoms with Gasteiger partial charge in [-0.05, 0) is 37.6 Å². The zero-order chi connectivity index (χ0) is 15.3. The Morgan fingerprint density at radius 3 is 2.73 bits per heavy atom. The molecule has 4 aromatic rings. The minimum absolute atomic E-state index is 0.654. The molecule has 0 aliphatic carbocycles. The summed E-state index contributed by atoms with van der Waals surface area (Å²) in [5, 5.41) is 8.71. The highest BCUT2D eigenvalue weighted by Crippen LogP contribution is 2.30. The van der Waals surface area contributed by atoms with Gasteiger partial charge in [-0.2, -0.15) is 0 Å². The molecular formula is C16H12ClN5. The number of aryl methyl sites for hydroxylation is 2. The Bertz CT molecular complexity index is 1000. The van der Waals surface area contributed by atoms with Crippen molar-refractivity contribution in [3.8, 4) is 11.3 Å². The fourth-order valence-corrected chi connectivity index (χ4v) is 2.99. The first-order chi connectivity index (χ1) is 10.6. The molecule has 3 heterocycles. The second-order valence-corrected chi connectivity index (χ2v) is 5.60. The van der Waals surface area contributed by atoms with Gasteiger partial charge in [-0.1, -0.05) is 23.7 Å². The van der Waals surface area contributed by atoms with E-state index in [1.54, 1.807) is 6.33 Å². The molecule has 0 unspecified atom stereocenters. The molecule has 3 aromatic heterocycles. The summed E-state index contributed by atoms with van der Waals surface area (Å²) in [5.41, 5.74) is 5.91. The quantitative estimate of drug-likeness (QED) is 0.539. The fraction of sp³-hybridized carbons (Fsp3) is 0.125. The Morgan fingerprint density at radius 2 is 1.91 bits per heavy atom. The molecule has 0 saturated heterocycles. The molecule has 0 atom stereocenters. The molecule has 0 saturated carbocycles. The van der Waals surface area contributed by atoms with Crippen molar-refractivity contribution < 1.29 is 0 Å². The van der Waals surface area contributed by atoms with Crippen LogP contribution in [0, 0.1) is 13.8 Å². The lowest BCUT2D eigenvalue weighted by molar-refractivity contribution is 1.10. The first-order valence-electron chi connectivity index (χ1n) is 6.88. The van der Waals surface area contributed by atoms with E-state index in [4.69, 9.17) is 11.6 Å². The third-order valence-electron chi connectivity index (χ3n) is 3.74. The van der Waals surface area contributed by atoms with Gasteiger partial charge in [0.25, 0.3) is 0 Å². The molecule has 0 N–H and O–H groups in total. The highest BCUT2D eigenvalue weighted by molar-refractivity contribution is 6.33. The Labute approximate surface area is 131 Å². The zero-order valence-corrected chi connectivity index (χ0v) is 12.8. The summed E-state index contributed by atoms with van der Waals surface area (Å²) < 4.78 is 1.90. The van der Waals surface area contributed by atoms with Crippen molar-refractivity contribution in [1.82, 2.24) is 24.6 Å². The zero-order valence-electron chi connectivity index (χ0n) is 12.1. The van der Waals surface area contributed by atoms with Crippen LogP contribution in [0.25, 0.3) is 28.1 Å². The van der Waals surface area contributed by atoms with Gasteiger partial charge in [0.2, 0.25) is 0 Å². The largest absolute Gasteiger partial charge is 0.277 e. The highest BCUT2D eigenvalue weighted by atomic mass is 35.5. The number of aromatic nitrogens is 5. The lowest BCUT2D eigenvalue weighted by atomic mass is 10.1. The smallest absolute Gasteiger partial charge is 0.182 e. The molecule has 22 heavy (non-hydrogen) atoms. The van der Waals surface area contributed by atoms with Crippen LogP contribution in [-0.4, -0.2) is 24.6 Å². The van der Waals surface area contributed by atoms with Gasteiger partial charge in [0.1, 0.15) is 6.33 Å². The summed E-state index contributed by atoms with van der Waals surface area (Å²) in [5.74, 6) is 0. The van der Waals surface area contributed by atoms with E-state index in [0.29, 0.717) is 10.7 Å². The van der Waals surface area contributed by atoms with Gasteiger partial charge < -0.3 is 0 Å². The van der Waals surface area contributed by atoms with Gasteiger partial charge in [0.15, 0.2) is 11.3 Å². The van der Waals surface area contributed by atoms with Crippen molar-refractivity contribution in [2.75, 3.05) is 0 Å². The van der Waals surface area contributed by atoms with Gasteiger partial charge >= 0.3 is 0 Å². The van der Waals surface area contributed by atoms with Crippen LogP contribution in [-0.2, 0) is 0 Å². The van der Waals surface area contributed by atoms with Crippen molar-refractivity contribution in [3.05, 3.63) is 52.9 Å². The third kappa shape index (κ3) is 1.86. The Balaban J connectivity index is 2.04. The van der Waals surface area contributed by atoms with Gasteiger partial charge in [-0.15, -0.1) is 10.2 Å². The number of nitrogens with zero attached hydrogens (tertiary/aromatic N) is 5. The molecular weight excluding hydrogens is 298 g/mol. The lowest BCUT2D eigenvalue weighted by Gasteiger charge is -2.09. The number of rotatable bonds is 1. The van der Waals surface area contributed by atoms with E-state index >= 15 is 0 Å². The average molecular weight is 310 g/mol. The standard InChI is InChI=1S/C16H12ClN5/c1-9-4-3-5-11(17)14(9)12-6-7-13-15(20-12)19-10(2)16-21-18-8-22(13)16/h3-8H,1-2H3. The van der Waals surface area contributed by atoms with Crippen LogP contribution in [0.15, 0.2) is 36.7 Å². The fourth-order valence-electron chi connectivity index (χ4n) is 2.67. The monoisotopic (exact) mass is 309 g/mol. The molecule has 0 radical (unpaired) electrons. The Hall–Kier alpha value is -2.53. The average Bonchev–Trinajstić information content (AvgIpc) is 2.97. The van der Waals surface area contributed by atoms with Crippen LogP contribution in [0.5, 0.6) is 0 Å². The maximum atomic E-state index is 6.34. The minimum Gasteiger partial charge on any atom is -0.277 e. The molecule has 0 fully saturated rings. The molecule has 0 aliphatic heterocycles. The van der Waals surface area contributed by atoms with Crippen molar-refractivity contribution in [3.63, 3.8) is 0 Å². The van der Waals surface area contributed by atoms with E-state index in [1.165, 1.54) is 0 Å². The number of halogens is 1. The predicted octanol–water partition coefficient (Wildman–Crippen LogP) is 3.61. The predicted molar refractivity (Wildman–Crippen MR) is 86.0 cm³/mol. The summed E-state index contributed by atoms with van der Waals surface area (Å²) in [4.78, 5) is 9.23. The molecule has 6 heteroatoms. The maximum Gasteiger partial charge on any atom is 0.182 e. The number of fused-ring (bicyclic) bond motifs is 3. The number of pyridine rings is 1. The molecule has 0 spiro atoms. The summed E-state index contributed by atoms with van der Waals surface area (Å²) in [6, 6.07) is 9.76.